The van der Waals surface area contributed by atoms with Gasteiger partial charge in [-0.3, -0.25) is 10.1 Å². The van der Waals surface area contributed by atoms with Crippen LogP contribution in [0, 0.1) is 16.0 Å². The molecule has 7 heteroatoms. The lowest BCUT2D eigenvalue weighted by molar-refractivity contribution is -0.385. The predicted molar refractivity (Wildman–Crippen MR) is 96.2 cm³/mol. The number of benzene rings is 2. The summed E-state index contributed by atoms with van der Waals surface area (Å²) in [5.41, 5.74) is 1.43. The van der Waals surface area contributed by atoms with Gasteiger partial charge in [0.15, 0.2) is 0 Å². The molecule has 0 spiro atoms. The third-order valence-corrected chi connectivity index (χ3v) is 4.51. The third kappa shape index (κ3) is 3.83. The van der Waals surface area contributed by atoms with Crippen LogP contribution in [0.4, 0.5) is 11.4 Å². The molecule has 0 saturated carbocycles. The van der Waals surface area contributed by atoms with Gasteiger partial charge in [-0.1, -0.05) is 30.3 Å². The van der Waals surface area contributed by atoms with E-state index in [0.29, 0.717) is 18.8 Å². The molecule has 1 N–H and O–H groups in total. The summed E-state index contributed by atoms with van der Waals surface area (Å²) in [6, 6.07) is 14.4. The van der Waals surface area contributed by atoms with Crippen LogP contribution in [-0.2, 0) is 9.47 Å². The van der Waals surface area contributed by atoms with E-state index < -0.39 is 10.9 Å². The monoisotopic (exact) mass is 356 g/mol. The number of methoxy groups -OCH3 is 1. The minimum atomic E-state index is -0.730. The second-order valence-corrected chi connectivity index (χ2v) is 6.11. The maximum absolute atomic E-state index is 11.8. The van der Waals surface area contributed by atoms with Gasteiger partial charge in [-0.2, -0.15) is 0 Å². The standard InChI is InChI=1S/C19H20N2O5/c1-25-19(22)16-11-15(7-8-17(16)21(23)24)20-12-14-9-10-26-18(14)13-5-3-2-4-6-13/h2-8,11,14,18,20H,9-10,12H2,1H3. The van der Waals surface area contributed by atoms with Crippen LogP contribution in [0.15, 0.2) is 48.5 Å². The number of carbonyl (C=O) groups excluding carboxylic acids is 1. The van der Waals surface area contributed by atoms with Gasteiger partial charge in [-0.05, 0) is 24.1 Å². The van der Waals surface area contributed by atoms with E-state index >= 15 is 0 Å². The van der Waals surface area contributed by atoms with E-state index in [1.807, 2.05) is 30.3 Å². The third-order valence-electron chi connectivity index (χ3n) is 4.51. The SMILES string of the molecule is COC(=O)c1cc(NCC2CCOC2c2ccccc2)ccc1[N+](=O)[O-]. The van der Waals surface area contributed by atoms with Crippen LogP contribution in [-0.4, -0.2) is 31.2 Å². The van der Waals surface area contributed by atoms with Crippen molar-refractivity contribution in [3.63, 3.8) is 0 Å². The predicted octanol–water partition coefficient (Wildman–Crippen LogP) is 3.57. The number of nitrogens with zero attached hydrogens (tertiary/aromatic N) is 1. The second-order valence-electron chi connectivity index (χ2n) is 6.11. The molecule has 1 fully saturated rings. The van der Waals surface area contributed by atoms with Crippen LogP contribution < -0.4 is 5.32 Å². The quantitative estimate of drug-likeness (QED) is 0.483. The Balaban J connectivity index is 1.73. The Morgan fingerprint density at radius 1 is 1.31 bits per heavy atom. The number of nitro benzene ring substituents is 1. The van der Waals surface area contributed by atoms with Crippen molar-refractivity contribution in [2.75, 3.05) is 25.6 Å². The van der Waals surface area contributed by atoms with Crippen LogP contribution in [0.1, 0.15) is 28.4 Å². The van der Waals surface area contributed by atoms with Crippen molar-refractivity contribution < 1.29 is 19.2 Å². The van der Waals surface area contributed by atoms with Crippen LogP contribution in [0.5, 0.6) is 0 Å². The fourth-order valence-corrected chi connectivity index (χ4v) is 3.18. The van der Waals surface area contributed by atoms with Crippen molar-refractivity contribution in [2.45, 2.75) is 12.5 Å². The Kier molecular flexibility index (Phi) is 5.48. The highest BCUT2D eigenvalue weighted by Crippen LogP contribution is 2.34. The summed E-state index contributed by atoms with van der Waals surface area (Å²) in [6.45, 7) is 1.33. The molecule has 2 aromatic carbocycles. The van der Waals surface area contributed by atoms with E-state index in [-0.39, 0.29) is 23.3 Å². The second kappa shape index (κ2) is 7.97. The topological polar surface area (TPSA) is 90.7 Å². The normalized spacial score (nSPS) is 19.1. The van der Waals surface area contributed by atoms with Gasteiger partial charge in [0.1, 0.15) is 5.56 Å². The van der Waals surface area contributed by atoms with Gasteiger partial charge in [0.25, 0.3) is 5.69 Å². The number of ether oxygens (including phenoxy) is 2. The number of hydrogen-bond acceptors (Lipinski definition) is 6. The zero-order chi connectivity index (χ0) is 18.5. The molecule has 0 aromatic heterocycles. The molecule has 7 nitrogen and oxygen atoms in total. The van der Waals surface area contributed by atoms with Crippen molar-refractivity contribution in [1.82, 2.24) is 0 Å². The molecular weight excluding hydrogens is 336 g/mol. The average molecular weight is 356 g/mol. The lowest BCUT2D eigenvalue weighted by Gasteiger charge is -2.20. The van der Waals surface area contributed by atoms with Gasteiger partial charge in [0.05, 0.1) is 18.1 Å². The van der Waals surface area contributed by atoms with E-state index in [0.717, 1.165) is 12.0 Å². The number of carbonyl (C=O) groups is 1. The summed E-state index contributed by atoms with van der Waals surface area (Å²) < 4.78 is 10.5. The van der Waals surface area contributed by atoms with Crippen LogP contribution in [0.2, 0.25) is 0 Å². The largest absolute Gasteiger partial charge is 0.465 e. The van der Waals surface area contributed by atoms with Gasteiger partial charge in [-0.25, -0.2) is 4.79 Å². The van der Waals surface area contributed by atoms with E-state index in [2.05, 4.69) is 10.1 Å². The fourth-order valence-electron chi connectivity index (χ4n) is 3.18. The fraction of sp³-hybridized carbons (Fsp3) is 0.316. The van der Waals surface area contributed by atoms with Crippen molar-refractivity contribution in [3.05, 3.63) is 69.8 Å². The highest BCUT2D eigenvalue weighted by atomic mass is 16.6. The first kappa shape index (κ1) is 17.9. The van der Waals surface area contributed by atoms with E-state index in [9.17, 15) is 14.9 Å². The molecule has 26 heavy (non-hydrogen) atoms. The number of anilines is 1. The van der Waals surface area contributed by atoms with Gasteiger partial charge in [-0.15, -0.1) is 0 Å². The summed E-state index contributed by atoms with van der Waals surface area (Å²) in [5.74, 6) is -0.458. The Bertz CT molecular complexity index is 794. The first-order chi connectivity index (χ1) is 12.6. The molecule has 1 aliphatic rings. The lowest BCUT2D eigenvalue weighted by atomic mass is 9.95. The summed E-state index contributed by atoms with van der Waals surface area (Å²) in [7, 11) is 1.20. The molecule has 3 rings (SSSR count). The maximum atomic E-state index is 11.8. The minimum Gasteiger partial charge on any atom is -0.465 e. The average Bonchev–Trinajstić information content (AvgIpc) is 3.14. The first-order valence-corrected chi connectivity index (χ1v) is 8.37. The van der Waals surface area contributed by atoms with Crippen LogP contribution in [0.25, 0.3) is 0 Å². The number of nitrogens with one attached hydrogen (secondary N) is 1. The number of rotatable bonds is 6. The van der Waals surface area contributed by atoms with Crippen LogP contribution >= 0.6 is 0 Å². The van der Waals surface area contributed by atoms with E-state index in [1.165, 1.54) is 19.2 Å². The molecule has 0 bridgehead atoms. The smallest absolute Gasteiger partial charge is 0.344 e. The first-order valence-electron chi connectivity index (χ1n) is 8.37. The molecule has 0 radical (unpaired) electrons. The van der Waals surface area contributed by atoms with Gasteiger partial charge in [0, 0.05) is 30.8 Å². The molecule has 2 unspecified atom stereocenters. The van der Waals surface area contributed by atoms with Crippen molar-refractivity contribution in [3.8, 4) is 0 Å². The zero-order valence-corrected chi connectivity index (χ0v) is 14.4. The van der Waals surface area contributed by atoms with Gasteiger partial charge < -0.3 is 14.8 Å². The summed E-state index contributed by atoms with van der Waals surface area (Å²) in [4.78, 5) is 22.3. The molecule has 0 aliphatic carbocycles. The maximum Gasteiger partial charge on any atom is 0.344 e. The Labute approximate surface area is 151 Å². The van der Waals surface area contributed by atoms with Crippen molar-refractivity contribution in [2.24, 2.45) is 5.92 Å². The highest BCUT2D eigenvalue weighted by molar-refractivity contribution is 5.95. The summed E-state index contributed by atoms with van der Waals surface area (Å²) >= 11 is 0. The Hall–Kier alpha value is -2.93. The van der Waals surface area contributed by atoms with E-state index in [4.69, 9.17) is 4.74 Å². The molecule has 136 valence electrons. The molecule has 0 amide bonds. The molecule has 2 atom stereocenters. The number of esters is 1. The highest BCUT2D eigenvalue weighted by Gasteiger charge is 2.29. The van der Waals surface area contributed by atoms with Crippen molar-refractivity contribution in [1.29, 1.82) is 0 Å². The van der Waals surface area contributed by atoms with E-state index in [1.54, 1.807) is 6.07 Å². The van der Waals surface area contributed by atoms with Crippen LogP contribution in [0.3, 0.4) is 0 Å². The van der Waals surface area contributed by atoms with Crippen molar-refractivity contribution >= 4 is 17.3 Å². The summed E-state index contributed by atoms with van der Waals surface area (Å²) in [6.07, 6.45) is 0.936. The molecule has 1 saturated heterocycles. The number of hydrogen-bond donors (Lipinski definition) is 1. The summed E-state index contributed by atoms with van der Waals surface area (Å²) in [5, 5.41) is 14.3. The Morgan fingerprint density at radius 3 is 2.77 bits per heavy atom. The minimum absolute atomic E-state index is 0.0156. The number of nitro groups is 1. The zero-order valence-electron chi connectivity index (χ0n) is 14.4. The van der Waals surface area contributed by atoms with Gasteiger partial charge in [0.2, 0.25) is 0 Å². The molecular formula is C19H20N2O5. The molecule has 2 aromatic rings. The molecule has 1 heterocycles. The lowest BCUT2D eigenvalue weighted by Crippen LogP contribution is -2.18. The van der Waals surface area contributed by atoms with Gasteiger partial charge >= 0.3 is 5.97 Å². The molecule has 1 aliphatic heterocycles. The Morgan fingerprint density at radius 2 is 2.08 bits per heavy atom.